The normalized spacial score (nSPS) is 21.0. The molecule has 0 unspecified atom stereocenters. The van der Waals surface area contributed by atoms with E-state index in [1.807, 2.05) is 23.6 Å². The van der Waals surface area contributed by atoms with Crippen LogP contribution in [-0.2, 0) is 15.1 Å². The van der Waals surface area contributed by atoms with Crippen molar-refractivity contribution >= 4 is 17.9 Å². The summed E-state index contributed by atoms with van der Waals surface area (Å²) in [5.74, 6) is -1.16. The SMILES string of the molecule is Cc1cc(C=O)n2c1C1(CCN(C(=O)C(F)(F)F)CC1)OC1=CCCC=C12. The van der Waals surface area contributed by atoms with E-state index in [9.17, 15) is 22.8 Å². The molecule has 1 amide bonds. The lowest BCUT2D eigenvalue weighted by molar-refractivity contribution is -0.189. The number of aldehydes is 1. The molecule has 3 aliphatic rings. The van der Waals surface area contributed by atoms with E-state index in [0.29, 0.717) is 11.5 Å². The summed E-state index contributed by atoms with van der Waals surface area (Å²) in [6, 6.07) is 1.78. The number of amides is 1. The zero-order chi connectivity index (χ0) is 19.4. The Morgan fingerprint density at radius 3 is 2.52 bits per heavy atom. The third kappa shape index (κ3) is 2.69. The highest BCUT2D eigenvalue weighted by atomic mass is 19.4. The number of carbonyl (C=O) groups excluding carboxylic acids is 2. The number of ether oxygens (including phenoxy) is 1. The monoisotopic (exact) mass is 380 g/mol. The van der Waals surface area contributed by atoms with Gasteiger partial charge >= 0.3 is 12.1 Å². The van der Waals surface area contributed by atoms with Crippen molar-refractivity contribution in [3.05, 3.63) is 40.9 Å². The number of hydrogen-bond acceptors (Lipinski definition) is 3. The fourth-order valence-electron chi connectivity index (χ4n) is 4.35. The Labute approximate surface area is 154 Å². The minimum Gasteiger partial charge on any atom is -0.479 e. The Morgan fingerprint density at radius 2 is 1.89 bits per heavy atom. The summed E-state index contributed by atoms with van der Waals surface area (Å²) in [4.78, 5) is 24.0. The van der Waals surface area contributed by atoms with Gasteiger partial charge < -0.3 is 14.2 Å². The first kappa shape index (κ1) is 17.9. The maximum absolute atomic E-state index is 12.8. The maximum atomic E-state index is 12.8. The van der Waals surface area contributed by atoms with Gasteiger partial charge in [-0.1, -0.05) is 6.08 Å². The van der Waals surface area contributed by atoms with Gasteiger partial charge in [0.05, 0.1) is 17.1 Å². The van der Waals surface area contributed by atoms with Crippen LogP contribution in [-0.4, -0.2) is 40.9 Å². The second kappa shape index (κ2) is 6.00. The molecule has 1 fully saturated rings. The molecule has 144 valence electrons. The first-order valence-electron chi connectivity index (χ1n) is 8.91. The number of hydrogen-bond donors (Lipinski definition) is 0. The Balaban J connectivity index is 1.74. The molecule has 1 aromatic rings. The van der Waals surface area contributed by atoms with Crippen LogP contribution in [0.25, 0.3) is 5.70 Å². The van der Waals surface area contributed by atoms with Gasteiger partial charge in [-0.05, 0) is 37.5 Å². The summed E-state index contributed by atoms with van der Waals surface area (Å²) in [6.45, 7) is 1.77. The van der Waals surface area contributed by atoms with Gasteiger partial charge in [0.2, 0.25) is 0 Å². The number of fused-ring (bicyclic) bond motifs is 4. The standard InChI is InChI=1S/C19H19F3N2O3/c1-12-10-13(11-25)24-14-4-2-3-5-15(14)27-18(16(12)24)6-8-23(9-7-18)17(26)19(20,21)22/h4-5,10-11H,2-3,6-9H2,1H3. The number of halogens is 3. The van der Waals surface area contributed by atoms with Crippen molar-refractivity contribution in [2.24, 2.45) is 0 Å². The first-order chi connectivity index (χ1) is 12.8. The second-order valence-corrected chi connectivity index (χ2v) is 7.18. The molecule has 2 aliphatic heterocycles. The van der Waals surface area contributed by atoms with Crippen LogP contribution in [0.4, 0.5) is 13.2 Å². The molecule has 1 aromatic heterocycles. The molecule has 0 aromatic carbocycles. The summed E-state index contributed by atoms with van der Waals surface area (Å²) in [5.41, 5.74) is 2.13. The molecule has 3 heterocycles. The third-order valence-corrected chi connectivity index (χ3v) is 5.51. The van der Waals surface area contributed by atoms with Crippen molar-refractivity contribution in [1.29, 1.82) is 0 Å². The van der Waals surface area contributed by atoms with Crippen LogP contribution in [0, 0.1) is 6.92 Å². The molecule has 0 bridgehead atoms. The van der Waals surface area contributed by atoms with Crippen LogP contribution in [0.15, 0.2) is 24.0 Å². The summed E-state index contributed by atoms with van der Waals surface area (Å²) in [7, 11) is 0. The van der Waals surface area contributed by atoms with Gasteiger partial charge in [-0.2, -0.15) is 13.2 Å². The molecular formula is C19H19F3N2O3. The fraction of sp³-hybridized carbons (Fsp3) is 0.474. The maximum Gasteiger partial charge on any atom is 0.471 e. The van der Waals surface area contributed by atoms with Crippen LogP contribution in [0.1, 0.15) is 47.4 Å². The summed E-state index contributed by atoms with van der Waals surface area (Å²) in [6.07, 6.45) is 1.99. The van der Waals surface area contributed by atoms with Gasteiger partial charge in [0.1, 0.15) is 5.76 Å². The van der Waals surface area contributed by atoms with Gasteiger partial charge in [0.25, 0.3) is 0 Å². The molecule has 1 saturated heterocycles. The molecule has 8 heteroatoms. The van der Waals surface area contributed by atoms with E-state index >= 15 is 0 Å². The lowest BCUT2D eigenvalue weighted by Gasteiger charge is -2.47. The Kier molecular flexibility index (Phi) is 3.98. The van der Waals surface area contributed by atoms with Crippen molar-refractivity contribution in [2.75, 3.05) is 13.1 Å². The molecule has 0 saturated carbocycles. The number of aryl methyl sites for hydroxylation is 1. The Morgan fingerprint density at radius 1 is 1.22 bits per heavy atom. The van der Waals surface area contributed by atoms with E-state index < -0.39 is 17.7 Å². The van der Waals surface area contributed by atoms with Gasteiger partial charge in [-0.3, -0.25) is 9.59 Å². The highest BCUT2D eigenvalue weighted by molar-refractivity contribution is 5.82. The molecule has 0 atom stereocenters. The van der Waals surface area contributed by atoms with E-state index in [4.69, 9.17) is 4.74 Å². The molecule has 27 heavy (non-hydrogen) atoms. The van der Waals surface area contributed by atoms with E-state index in [1.54, 1.807) is 6.07 Å². The minimum absolute atomic E-state index is 0.0499. The van der Waals surface area contributed by atoms with Gasteiger partial charge in [0, 0.05) is 25.9 Å². The lowest BCUT2D eigenvalue weighted by Crippen LogP contribution is -2.52. The van der Waals surface area contributed by atoms with Gasteiger partial charge in [-0.25, -0.2) is 0 Å². The van der Waals surface area contributed by atoms with Crippen molar-refractivity contribution in [3.63, 3.8) is 0 Å². The zero-order valence-electron chi connectivity index (χ0n) is 14.8. The number of nitrogens with zero attached hydrogens (tertiary/aromatic N) is 2. The molecule has 1 spiro atoms. The Hall–Kier alpha value is -2.51. The largest absolute Gasteiger partial charge is 0.479 e. The molecule has 5 nitrogen and oxygen atoms in total. The number of aromatic nitrogens is 1. The molecule has 0 N–H and O–H groups in total. The summed E-state index contributed by atoms with van der Waals surface area (Å²) < 4.78 is 46.5. The molecule has 4 rings (SSSR count). The topological polar surface area (TPSA) is 51.5 Å². The molecule has 1 aliphatic carbocycles. The van der Waals surface area contributed by atoms with E-state index in [2.05, 4.69) is 0 Å². The summed E-state index contributed by atoms with van der Waals surface area (Å²) in [5, 5.41) is 0. The molecule has 0 radical (unpaired) electrons. The van der Waals surface area contributed by atoms with Crippen LogP contribution in [0.5, 0.6) is 0 Å². The van der Waals surface area contributed by atoms with Crippen molar-refractivity contribution < 1.29 is 27.5 Å². The van der Waals surface area contributed by atoms with Crippen LogP contribution in [0.3, 0.4) is 0 Å². The minimum atomic E-state index is -4.87. The molecular weight excluding hydrogens is 361 g/mol. The smallest absolute Gasteiger partial charge is 0.471 e. The predicted octanol–water partition coefficient (Wildman–Crippen LogP) is 3.54. The zero-order valence-corrected chi connectivity index (χ0v) is 14.8. The lowest BCUT2D eigenvalue weighted by atomic mass is 9.84. The second-order valence-electron chi connectivity index (χ2n) is 7.18. The average Bonchev–Trinajstić information content (AvgIpc) is 2.99. The Bertz CT molecular complexity index is 871. The highest BCUT2D eigenvalue weighted by Crippen LogP contribution is 2.49. The number of carbonyl (C=O) groups is 2. The highest BCUT2D eigenvalue weighted by Gasteiger charge is 2.50. The number of allylic oxidation sites excluding steroid dienone is 3. The number of likely N-dealkylation sites (tertiary alicyclic amines) is 1. The first-order valence-corrected chi connectivity index (χ1v) is 8.91. The predicted molar refractivity (Wildman–Crippen MR) is 90.8 cm³/mol. The summed E-state index contributed by atoms with van der Waals surface area (Å²) >= 11 is 0. The third-order valence-electron chi connectivity index (χ3n) is 5.51. The number of alkyl halides is 3. The van der Waals surface area contributed by atoms with Crippen molar-refractivity contribution in [3.8, 4) is 0 Å². The van der Waals surface area contributed by atoms with Crippen LogP contribution >= 0.6 is 0 Å². The number of piperidine rings is 1. The van der Waals surface area contributed by atoms with E-state index in [-0.39, 0.29) is 25.9 Å². The fourth-order valence-corrected chi connectivity index (χ4v) is 4.35. The van der Waals surface area contributed by atoms with Gasteiger partial charge in [-0.15, -0.1) is 0 Å². The van der Waals surface area contributed by atoms with Gasteiger partial charge in [0.15, 0.2) is 11.9 Å². The van der Waals surface area contributed by atoms with Crippen LogP contribution < -0.4 is 0 Å². The quantitative estimate of drug-likeness (QED) is 0.701. The van der Waals surface area contributed by atoms with E-state index in [1.165, 1.54) is 0 Å². The number of rotatable bonds is 1. The van der Waals surface area contributed by atoms with Crippen molar-refractivity contribution in [2.45, 2.75) is 44.4 Å². The average molecular weight is 380 g/mol. The van der Waals surface area contributed by atoms with Crippen molar-refractivity contribution in [1.82, 2.24) is 9.47 Å². The van der Waals surface area contributed by atoms with E-state index in [0.717, 1.165) is 41.0 Å². The van der Waals surface area contributed by atoms with Crippen LogP contribution in [0.2, 0.25) is 0 Å².